The lowest BCUT2D eigenvalue weighted by Gasteiger charge is -2.30. The van der Waals surface area contributed by atoms with Gasteiger partial charge in [0.1, 0.15) is 5.69 Å². The summed E-state index contributed by atoms with van der Waals surface area (Å²) in [5.74, 6) is -0.0374. The minimum Gasteiger partial charge on any atom is -0.324 e. The average Bonchev–Trinajstić information content (AvgIpc) is 3.15. The van der Waals surface area contributed by atoms with Gasteiger partial charge in [-0.05, 0) is 25.5 Å². The second-order valence-corrected chi connectivity index (χ2v) is 6.86. The highest BCUT2D eigenvalue weighted by atomic mass is 35.5. The number of aromatic nitrogens is 2. The van der Waals surface area contributed by atoms with E-state index in [0.29, 0.717) is 10.7 Å². The molecule has 4 nitrogen and oxygen atoms in total. The van der Waals surface area contributed by atoms with Gasteiger partial charge in [0.25, 0.3) is 5.91 Å². The fourth-order valence-electron chi connectivity index (χ4n) is 3.52. The molecule has 0 bridgehead atoms. The summed E-state index contributed by atoms with van der Waals surface area (Å²) in [6.07, 6.45) is 0. The van der Waals surface area contributed by atoms with Crippen LogP contribution >= 0.6 is 11.6 Å². The number of amides is 1. The predicted octanol–water partition coefficient (Wildman–Crippen LogP) is 4.68. The predicted molar refractivity (Wildman–Crippen MR) is 98.6 cm³/mol. The Labute approximate surface area is 151 Å². The molecule has 0 spiro atoms. The molecule has 1 aliphatic rings. The van der Waals surface area contributed by atoms with Gasteiger partial charge in [-0.25, -0.2) is 0 Å². The van der Waals surface area contributed by atoms with Crippen LogP contribution in [0.4, 0.5) is 0 Å². The van der Waals surface area contributed by atoms with Crippen LogP contribution in [0.25, 0.3) is 11.3 Å². The smallest absolute Gasteiger partial charge is 0.273 e. The maximum atomic E-state index is 13.0. The van der Waals surface area contributed by atoms with Crippen molar-refractivity contribution < 1.29 is 4.79 Å². The number of hydrogen-bond acceptors (Lipinski definition) is 2. The second kappa shape index (κ2) is 6.05. The van der Waals surface area contributed by atoms with Gasteiger partial charge in [0, 0.05) is 22.2 Å². The van der Waals surface area contributed by atoms with Gasteiger partial charge in [-0.1, -0.05) is 60.1 Å². The van der Waals surface area contributed by atoms with E-state index in [0.717, 1.165) is 22.4 Å². The third-order valence-electron chi connectivity index (χ3n) is 4.61. The quantitative estimate of drug-likeness (QED) is 0.744. The fourth-order valence-corrected chi connectivity index (χ4v) is 3.76. The normalized spacial score (nSPS) is 16.6. The summed E-state index contributed by atoms with van der Waals surface area (Å²) in [6.45, 7) is 4.03. The van der Waals surface area contributed by atoms with Crippen molar-refractivity contribution in [1.29, 1.82) is 0 Å². The molecule has 1 amide bonds. The Bertz CT molecular complexity index is 933. The number of nitrogens with one attached hydrogen (secondary N) is 1. The van der Waals surface area contributed by atoms with Gasteiger partial charge in [0.05, 0.1) is 11.7 Å². The zero-order valence-electron chi connectivity index (χ0n) is 14.0. The monoisotopic (exact) mass is 351 g/mol. The molecule has 25 heavy (non-hydrogen) atoms. The minimum atomic E-state index is -0.245. The lowest BCUT2D eigenvalue weighted by Crippen LogP contribution is -2.35. The van der Waals surface area contributed by atoms with E-state index in [1.54, 1.807) is 0 Å². The highest BCUT2D eigenvalue weighted by molar-refractivity contribution is 6.31. The van der Waals surface area contributed by atoms with E-state index >= 15 is 0 Å². The van der Waals surface area contributed by atoms with Crippen molar-refractivity contribution in [2.75, 3.05) is 0 Å². The molecule has 2 heterocycles. The van der Waals surface area contributed by atoms with Crippen LogP contribution in [-0.2, 0) is 0 Å². The number of carbonyl (C=O) groups is 1. The van der Waals surface area contributed by atoms with Crippen LogP contribution in [0.5, 0.6) is 0 Å². The third kappa shape index (κ3) is 2.45. The van der Waals surface area contributed by atoms with Gasteiger partial charge < -0.3 is 4.90 Å². The summed E-state index contributed by atoms with van der Waals surface area (Å²) in [7, 11) is 0. The van der Waals surface area contributed by atoms with E-state index in [-0.39, 0.29) is 18.0 Å². The van der Waals surface area contributed by atoms with E-state index in [9.17, 15) is 4.79 Å². The van der Waals surface area contributed by atoms with E-state index < -0.39 is 0 Å². The molecule has 4 rings (SSSR count). The maximum Gasteiger partial charge on any atom is 0.273 e. The van der Waals surface area contributed by atoms with Crippen molar-refractivity contribution in [2.45, 2.75) is 25.9 Å². The van der Waals surface area contributed by atoms with Gasteiger partial charge in [-0.2, -0.15) is 5.10 Å². The molecule has 1 aliphatic heterocycles. The lowest BCUT2D eigenvalue weighted by atomic mass is 9.95. The molecule has 1 unspecified atom stereocenters. The minimum absolute atomic E-state index is 0.0374. The van der Waals surface area contributed by atoms with Crippen LogP contribution in [0, 0.1) is 0 Å². The molecular weight excluding hydrogens is 334 g/mol. The summed E-state index contributed by atoms with van der Waals surface area (Å²) in [6, 6.07) is 17.4. The first kappa shape index (κ1) is 15.9. The Kier molecular flexibility index (Phi) is 3.85. The Hall–Kier alpha value is -2.59. The third-order valence-corrected chi connectivity index (χ3v) is 4.95. The Balaban J connectivity index is 1.96. The summed E-state index contributed by atoms with van der Waals surface area (Å²) < 4.78 is 0. The molecule has 0 saturated carbocycles. The van der Waals surface area contributed by atoms with Crippen LogP contribution in [0.2, 0.25) is 5.02 Å². The van der Waals surface area contributed by atoms with Crippen LogP contribution in [-0.4, -0.2) is 27.0 Å². The number of hydrogen-bond donors (Lipinski definition) is 1. The first-order chi connectivity index (χ1) is 12.1. The second-order valence-electron chi connectivity index (χ2n) is 6.46. The number of rotatable bonds is 3. The van der Waals surface area contributed by atoms with Gasteiger partial charge >= 0.3 is 0 Å². The largest absolute Gasteiger partial charge is 0.324 e. The SMILES string of the molecule is CC(C)N1C(=O)c2[nH]nc(-c3ccccc3)c2C1c1ccccc1Cl. The molecule has 1 N–H and O–H groups in total. The molecule has 0 radical (unpaired) electrons. The summed E-state index contributed by atoms with van der Waals surface area (Å²) in [5.41, 5.74) is 4.16. The number of fused-ring (bicyclic) bond motifs is 1. The van der Waals surface area contributed by atoms with E-state index in [2.05, 4.69) is 10.2 Å². The molecule has 0 saturated heterocycles. The molecule has 1 atom stereocenters. The molecule has 0 fully saturated rings. The van der Waals surface area contributed by atoms with E-state index in [1.165, 1.54) is 0 Å². The summed E-state index contributed by atoms with van der Waals surface area (Å²) in [4.78, 5) is 14.9. The summed E-state index contributed by atoms with van der Waals surface area (Å²) >= 11 is 6.49. The van der Waals surface area contributed by atoms with Crippen LogP contribution in [0.1, 0.15) is 41.5 Å². The van der Waals surface area contributed by atoms with E-state index in [4.69, 9.17) is 11.6 Å². The van der Waals surface area contributed by atoms with Crippen molar-refractivity contribution in [3.8, 4) is 11.3 Å². The molecule has 1 aromatic heterocycles. The highest BCUT2D eigenvalue weighted by Gasteiger charge is 2.43. The van der Waals surface area contributed by atoms with Gasteiger partial charge in [-0.15, -0.1) is 0 Å². The standard InChI is InChI=1S/C20H18ClN3O/c1-12(2)24-19(14-10-6-7-11-15(14)21)16-17(13-8-4-3-5-9-13)22-23-18(16)20(24)25/h3-12,19H,1-2H3,(H,22,23). The number of benzene rings is 2. The van der Waals surface area contributed by atoms with Crippen molar-refractivity contribution in [3.05, 3.63) is 76.4 Å². The summed E-state index contributed by atoms with van der Waals surface area (Å²) in [5, 5.41) is 8.05. The van der Waals surface area contributed by atoms with Crippen LogP contribution in [0.15, 0.2) is 54.6 Å². The molecule has 0 aliphatic carbocycles. The number of aromatic amines is 1. The van der Waals surface area contributed by atoms with Crippen LogP contribution in [0.3, 0.4) is 0 Å². The number of H-pyrrole nitrogens is 1. The van der Waals surface area contributed by atoms with Crippen molar-refractivity contribution in [1.82, 2.24) is 15.1 Å². The molecule has 3 aromatic rings. The Morgan fingerprint density at radius 2 is 1.76 bits per heavy atom. The zero-order chi connectivity index (χ0) is 17.6. The number of nitrogens with zero attached hydrogens (tertiary/aromatic N) is 2. The highest BCUT2D eigenvalue weighted by Crippen LogP contribution is 2.45. The van der Waals surface area contributed by atoms with Gasteiger partial charge in [0.15, 0.2) is 0 Å². The number of halogens is 1. The molecule has 126 valence electrons. The lowest BCUT2D eigenvalue weighted by molar-refractivity contribution is 0.0688. The Morgan fingerprint density at radius 3 is 2.44 bits per heavy atom. The fraction of sp³-hybridized carbons (Fsp3) is 0.200. The van der Waals surface area contributed by atoms with Gasteiger partial charge in [0.2, 0.25) is 0 Å². The van der Waals surface area contributed by atoms with Gasteiger partial charge in [-0.3, -0.25) is 9.89 Å². The van der Waals surface area contributed by atoms with Crippen molar-refractivity contribution >= 4 is 17.5 Å². The molecular formula is C20H18ClN3O. The van der Waals surface area contributed by atoms with Crippen LogP contribution < -0.4 is 0 Å². The number of carbonyl (C=O) groups excluding carboxylic acids is 1. The maximum absolute atomic E-state index is 13.0. The first-order valence-corrected chi connectivity index (χ1v) is 8.68. The van der Waals surface area contributed by atoms with E-state index in [1.807, 2.05) is 73.3 Å². The molecule has 2 aromatic carbocycles. The topological polar surface area (TPSA) is 49.0 Å². The molecule has 5 heteroatoms. The zero-order valence-corrected chi connectivity index (χ0v) is 14.8. The first-order valence-electron chi connectivity index (χ1n) is 8.30. The van der Waals surface area contributed by atoms with Crippen molar-refractivity contribution in [2.24, 2.45) is 0 Å². The Morgan fingerprint density at radius 1 is 1.08 bits per heavy atom. The van der Waals surface area contributed by atoms with Crippen molar-refractivity contribution in [3.63, 3.8) is 0 Å². The average molecular weight is 352 g/mol.